The Morgan fingerprint density at radius 1 is 0.650 bits per heavy atom. The molecule has 4 aromatic carbocycles. The van der Waals surface area contributed by atoms with E-state index in [4.69, 9.17) is 0 Å². The van der Waals surface area contributed by atoms with Gasteiger partial charge in [-0.2, -0.15) is 0 Å². The SMILES string of the molecule is [Al+3].[Li+].[c-]1cccc2ccc3cc4ccccc4cc3c12. The van der Waals surface area contributed by atoms with Gasteiger partial charge in [-0.05, 0) is 10.8 Å². The zero-order valence-electron chi connectivity index (χ0n) is 11.4. The van der Waals surface area contributed by atoms with Crippen molar-refractivity contribution in [3.05, 3.63) is 72.8 Å². The molecule has 0 amide bonds. The van der Waals surface area contributed by atoms with Crippen molar-refractivity contribution in [2.75, 3.05) is 0 Å². The second-order valence-electron chi connectivity index (χ2n) is 4.62. The van der Waals surface area contributed by atoms with Crippen LogP contribution in [0.4, 0.5) is 0 Å². The predicted octanol–water partition coefficient (Wildman–Crippen LogP) is 1.57. The number of hydrogen-bond donors (Lipinski definition) is 0. The number of benzene rings is 4. The average molecular weight is 261 g/mol. The molecule has 0 bridgehead atoms. The Kier molecular flexibility index (Phi) is 4.59. The van der Waals surface area contributed by atoms with Gasteiger partial charge < -0.3 is 0 Å². The summed E-state index contributed by atoms with van der Waals surface area (Å²) in [6, 6.07) is 26.9. The fourth-order valence-corrected chi connectivity index (χ4v) is 2.61. The summed E-state index contributed by atoms with van der Waals surface area (Å²) in [6.45, 7) is 0. The van der Waals surface area contributed by atoms with E-state index < -0.39 is 0 Å². The van der Waals surface area contributed by atoms with Crippen LogP contribution >= 0.6 is 0 Å². The monoisotopic (exact) mass is 261 g/mol. The minimum atomic E-state index is 0. The Morgan fingerprint density at radius 2 is 1.30 bits per heavy atom. The topological polar surface area (TPSA) is 0 Å². The van der Waals surface area contributed by atoms with Crippen LogP contribution in [0.2, 0.25) is 0 Å². The zero-order valence-corrected chi connectivity index (χ0v) is 12.6. The molecule has 0 aliphatic heterocycles. The molecule has 0 fully saturated rings. The van der Waals surface area contributed by atoms with E-state index in [9.17, 15) is 0 Å². The van der Waals surface area contributed by atoms with Crippen LogP contribution in [-0.4, -0.2) is 17.4 Å². The summed E-state index contributed by atoms with van der Waals surface area (Å²) in [6.07, 6.45) is 0. The molecule has 4 aromatic rings. The van der Waals surface area contributed by atoms with Gasteiger partial charge in [0.1, 0.15) is 0 Å². The number of rotatable bonds is 0. The Hall–Kier alpha value is -1.21. The Balaban J connectivity index is 0.000000735. The summed E-state index contributed by atoms with van der Waals surface area (Å²) in [5.41, 5.74) is 0. The second-order valence-corrected chi connectivity index (χ2v) is 4.62. The van der Waals surface area contributed by atoms with Crippen LogP contribution in [-0.2, 0) is 0 Å². The van der Waals surface area contributed by atoms with E-state index in [-0.39, 0.29) is 36.2 Å². The van der Waals surface area contributed by atoms with Crippen molar-refractivity contribution >= 4 is 49.7 Å². The van der Waals surface area contributed by atoms with E-state index >= 15 is 0 Å². The number of hydrogen-bond acceptors (Lipinski definition) is 0. The number of fused-ring (bicyclic) bond motifs is 4. The summed E-state index contributed by atoms with van der Waals surface area (Å²) in [5.74, 6) is 0. The van der Waals surface area contributed by atoms with E-state index in [0.29, 0.717) is 0 Å². The van der Waals surface area contributed by atoms with Crippen molar-refractivity contribution in [3.8, 4) is 0 Å². The summed E-state index contributed by atoms with van der Waals surface area (Å²) in [5, 5.41) is 7.60. The van der Waals surface area contributed by atoms with Gasteiger partial charge in [-0.15, -0.1) is 35.0 Å². The molecular formula is C18H11AlLi+3. The molecular weight excluding hydrogens is 250 g/mol. The molecule has 0 radical (unpaired) electrons. The van der Waals surface area contributed by atoms with Gasteiger partial charge >= 0.3 is 36.2 Å². The van der Waals surface area contributed by atoms with Gasteiger partial charge in [-0.1, -0.05) is 59.3 Å². The molecule has 0 aliphatic rings. The zero-order chi connectivity index (χ0) is 11.9. The van der Waals surface area contributed by atoms with Gasteiger partial charge in [-0.3, -0.25) is 0 Å². The maximum absolute atomic E-state index is 3.36. The van der Waals surface area contributed by atoms with E-state index in [1.807, 2.05) is 12.1 Å². The van der Waals surface area contributed by atoms with Gasteiger partial charge in [-0.25, -0.2) is 0 Å². The summed E-state index contributed by atoms with van der Waals surface area (Å²) >= 11 is 0. The average Bonchev–Trinajstić information content (AvgIpc) is 2.45. The smallest absolute Gasteiger partial charge is 0.147 e. The van der Waals surface area contributed by atoms with Gasteiger partial charge in [0, 0.05) is 0 Å². The van der Waals surface area contributed by atoms with E-state index in [0.717, 1.165) is 0 Å². The van der Waals surface area contributed by atoms with Crippen molar-refractivity contribution in [2.45, 2.75) is 0 Å². The first kappa shape index (κ1) is 15.2. The molecule has 0 saturated carbocycles. The van der Waals surface area contributed by atoms with E-state index in [1.54, 1.807) is 0 Å². The summed E-state index contributed by atoms with van der Waals surface area (Å²) in [7, 11) is 0. The minimum absolute atomic E-state index is 0. The molecule has 0 heterocycles. The molecule has 2 heteroatoms. The maximum Gasteiger partial charge on any atom is 3.00 e. The molecule has 0 atom stereocenters. The first-order valence-electron chi connectivity index (χ1n) is 6.14. The molecule has 0 N–H and O–H groups in total. The van der Waals surface area contributed by atoms with E-state index in [1.165, 1.54) is 32.3 Å². The van der Waals surface area contributed by atoms with Gasteiger partial charge in [0.25, 0.3) is 0 Å². The third-order valence-electron chi connectivity index (χ3n) is 3.52. The molecule has 0 spiro atoms. The molecule has 84 valence electrons. The Morgan fingerprint density at radius 3 is 2.10 bits per heavy atom. The third kappa shape index (κ3) is 2.40. The second kappa shape index (κ2) is 6.05. The van der Waals surface area contributed by atoms with Crippen LogP contribution in [0.5, 0.6) is 0 Å². The van der Waals surface area contributed by atoms with Gasteiger partial charge in [0.15, 0.2) is 0 Å². The largest absolute Gasteiger partial charge is 3.00 e. The van der Waals surface area contributed by atoms with Gasteiger partial charge in [0.2, 0.25) is 0 Å². The van der Waals surface area contributed by atoms with E-state index in [2.05, 4.69) is 60.7 Å². The van der Waals surface area contributed by atoms with Crippen molar-refractivity contribution in [2.24, 2.45) is 0 Å². The maximum atomic E-state index is 3.36. The minimum Gasteiger partial charge on any atom is -0.147 e. The molecule has 0 saturated heterocycles. The molecule has 0 aliphatic carbocycles. The molecule has 4 rings (SSSR count). The molecule has 0 aromatic heterocycles. The van der Waals surface area contributed by atoms with Crippen molar-refractivity contribution in [3.63, 3.8) is 0 Å². The molecule has 0 nitrogen and oxygen atoms in total. The van der Waals surface area contributed by atoms with Crippen molar-refractivity contribution in [1.82, 2.24) is 0 Å². The quantitative estimate of drug-likeness (QED) is 0.195. The fraction of sp³-hybridized carbons (Fsp3) is 0. The summed E-state index contributed by atoms with van der Waals surface area (Å²) < 4.78 is 0. The van der Waals surface area contributed by atoms with Crippen LogP contribution < -0.4 is 18.9 Å². The fourth-order valence-electron chi connectivity index (χ4n) is 2.61. The standard InChI is InChI=1S/C18H11.Al.Li/c1-2-7-15-12-18-16(11-14(15)6-1)10-9-13-5-3-4-8-17(13)18;;/h1-7,9-12H;;/q-1;+3;+1. The Labute approximate surface area is 141 Å². The summed E-state index contributed by atoms with van der Waals surface area (Å²) in [4.78, 5) is 0. The van der Waals surface area contributed by atoms with Crippen LogP contribution in [0.25, 0.3) is 32.3 Å². The first-order valence-corrected chi connectivity index (χ1v) is 6.14. The molecule has 20 heavy (non-hydrogen) atoms. The molecule has 0 unspecified atom stereocenters. The normalized spacial score (nSPS) is 10.2. The Bertz CT molecular complexity index is 878. The van der Waals surface area contributed by atoms with Crippen LogP contribution in [0, 0.1) is 6.07 Å². The first-order chi connectivity index (χ1) is 8.92. The van der Waals surface area contributed by atoms with Crippen molar-refractivity contribution < 1.29 is 18.9 Å². The van der Waals surface area contributed by atoms with Crippen LogP contribution in [0.3, 0.4) is 0 Å². The van der Waals surface area contributed by atoms with Crippen LogP contribution in [0.15, 0.2) is 66.7 Å². The third-order valence-corrected chi connectivity index (χ3v) is 3.52. The van der Waals surface area contributed by atoms with Crippen molar-refractivity contribution in [1.29, 1.82) is 0 Å². The van der Waals surface area contributed by atoms with Gasteiger partial charge in [0.05, 0.1) is 0 Å². The van der Waals surface area contributed by atoms with Crippen LogP contribution in [0.1, 0.15) is 0 Å². The predicted molar refractivity (Wildman–Crippen MR) is 83.6 cm³/mol.